The van der Waals surface area contributed by atoms with Gasteiger partial charge in [-0.3, -0.25) is 4.79 Å². The molecule has 0 aliphatic carbocycles. The van der Waals surface area contributed by atoms with Gasteiger partial charge in [-0.1, -0.05) is 0 Å². The van der Waals surface area contributed by atoms with Crippen LogP contribution in [0.5, 0.6) is 0 Å². The predicted molar refractivity (Wildman–Crippen MR) is 59.5 cm³/mol. The minimum Gasteiger partial charge on any atom is -0.379 e. The zero-order valence-electron chi connectivity index (χ0n) is 8.10. The quantitative estimate of drug-likeness (QED) is 0.784. The van der Waals surface area contributed by atoms with Crippen molar-refractivity contribution >= 4 is 32.8 Å². The van der Waals surface area contributed by atoms with Gasteiger partial charge in [-0.15, -0.1) is 0 Å². The first-order valence-electron chi connectivity index (χ1n) is 4.35. The molecule has 2 aromatic rings. The van der Waals surface area contributed by atoms with E-state index >= 15 is 0 Å². The predicted octanol–water partition coefficient (Wildman–Crippen LogP) is 2.29. The normalized spacial score (nSPS) is 12.0. The van der Waals surface area contributed by atoms with Gasteiger partial charge in [0.1, 0.15) is 5.52 Å². The lowest BCUT2D eigenvalue weighted by molar-refractivity contribution is -0.137. The van der Waals surface area contributed by atoms with E-state index in [2.05, 4.69) is 25.9 Å². The van der Waals surface area contributed by atoms with Gasteiger partial charge in [0.25, 0.3) is 5.56 Å². The van der Waals surface area contributed by atoms with Gasteiger partial charge in [-0.2, -0.15) is 13.2 Å². The molecule has 0 spiro atoms. The fourth-order valence-corrected chi connectivity index (χ4v) is 1.88. The van der Waals surface area contributed by atoms with Crippen LogP contribution in [-0.2, 0) is 6.18 Å². The Morgan fingerprint density at radius 3 is 2.59 bits per heavy atom. The molecule has 2 rings (SSSR count). The van der Waals surface area contributed by atoms with Crippen LogP contribution in [-0.4, -0.2) is 9.97 Å². The topological polar surface area (TPSA) is 71.8 Å². The number of nitrogens with two attached hydrogens (primary N) is 1. The van der Waals surface area contributed by atoms with E-state index in [-0.39, 0.29) is 21.3 Å². The maximum atomic E-state index is 12.5. The Morgan fingerprint density at radius 1 is 1.35 bits per heavy atom. The van der Waals surface area contributed by atoms with Crippen molar-refractivity contribution in [2.75, 3.05) is 5.73 Å². The fraction of sp³-hybridized carbons (Fsp3) is 0.111. The summed E-state index contributed by atoms with van der Waals surface area (Å²) in [5.41, 5.74) is 3.84. The molecule has 0 radical (unpaired) electrons. The van der Waals surface area contributed by atoms with Gasteiger partial charge in [-0.25, -0.2) is 4.98 Å². The van der Waals surface area contributed by atoms with E-state index in [1.165, 1.54) is 0 Å². The first kappa shape index (κ1) is 11.9. The van der Waals surface area contributed by atoms with Crippen molar-refractivity contribution in [3.8, 4) is 0 Å². The zero-order valence-corrected chi connectivity index (χ0v) is 9.69. The molecule has 1 aromatic heterocycles. The number of rotatable bonds is 0. The smallest absolute Gasteiger partial charge is 0.379 e. The van der Waals surface area contributed by atoms with Crippen molar-refractivity contribution in [3.63, 3.8) is 0 Å². The van der Waals surface area contributed by atoms with Crippen molar-refractivity contribution in [1.29, 1.82) is 0 Å². The highest BCUT2D eigenvalue weighted by atomic mass is 79.9. The molecular formula is C9H5BrF3N3O. The second-order valence-corrected chi connectivity index (χ2v) is 4.16. The number of aromatic amines is 1. The third-order valence-corrected chi connectivity index (χ3v) is 2.71. The summed E-state index contributed by atoms with van der Waals surface area (Å²) < 4.78 is 37.7. The van der Waals surface area contributed by atoms with Crippen molar-refractivity contribution < 1.29 is 13.2 Å². The van der Waals surface area contributed by atoms with Gasteiger partial charge in [0.2, 0.25) is 0 Å². The van der Waals surface area contributed by atoms with Crippen LogP contribution in [0.4, 0.5) is 19.0 Å². The number of nitrogen functional groups attached to an aromatic ring is 1. The highest BCUT2D eigenvalue weighted by Crippen LogP contribution is 2.33. The molecule has 0 aliphatic heterocycles. The molecule has 0 amide bonds. The largest absolute Gasteiger partial charge is 0.416 e. The first-order chi connectivity index (χ1) is 7.79. The van der Waals surface area contributed by atoms with E-state index in [1.807, 2.05) is 0 Å². The Labute approximate surface area is 101 Å². The van der Waals surface area contributed by atoms with Crippen LogP contribution in [0.15, 0.2) is 21.4 Å². The number of H-pyrrole nitrogens is 1. The van der Waals surface area contributed by atoms with Crippen molar-refractivity contribution in [2.45, 2.75) is 6.18 Å². The molecule has 0 bridgehead atoms. The Kier molecular flexibility index (Phi) is 2.61. The van der Waals surface area contributed by atoms with Gasteiger partial charge in [0.05, 0.1) is 11.1 Å². The number of halogens is 4. The summed E-state index contributed by atoms with van der Waals surface area (Å²) >= 11 is 2.96. The molecular weight excluding hydrogens is 303 g/mol. The number of alkyl halides is 3. The molecule has 0 unspecified atom stereocenters. The average molecular weight is 308 g/mol. The minimum absolute atomic E-state index is 0.0223. The number of anilines is 1. The molecule has 0 aliphatic rings. The molecule has 0 saturated heterocycles. The number of hydrogen-bond acceptors (Lipinski definition) is 3. The van der Waals surface area contributed by atoms with E-state index in [1.54, 1.807) is 0 Å². The van der Waals surface area contributed by atoms with Gasteiger partial charge in [-0.05, 0) is 28.1 Å². The van der Waals surface area contributed by atoms with Crippen LogP contribution in [0, 0.1) is 0 Å². The maximum Gasteiger partial charge on any atom is 0.416 e. The Bertz CT molecular complexity index is 650. The monoisotopic (exact) mass is 307 g/mol. The van der Waals surface area contributed by atoms with Crippen molar-refractivity contribution in [1.82, 2.24) is 9.97 Å². The van der Waals surface area contributed by atoms with Gasteiger partial charge in [0.15, 0.2) is 5.82 Å². The number of benzene rings is 1. The Morgan fingerprint density at radius 2 is 2.00 bits per heavy atom. The SMILES string of the molecule is Nc1nc2c(Br)cc(C(F)(F)F)cc2[nH]c1=O. The standard InChI is InChI=1S/C9H5BrF3N3O/c10-4-1-3(9(11,12)13)2-5-6(4)16-7(14)8(17)15-5/h1-2H,(H2,14,16)(H,15,17). The summed E-state index contributed by atoms with van der Waals surface area (Å²) in [7, 11) is 0. The van der Waals surface area contributed by atoms with E-state index in [9.17, 15) is 18.0 Å². The van der Waals surface area contributed by atoms with Gasteiger partial charge < -0.3 is 10.7 Å². The molecule has 90 valence electrons. The van der Waals surface area contributed by atoms with E-state index < -0.39 is 17.3 Å². The molecule has 8 heteroatoms. The molecule has 3 N–H and O–H groups in total. The number of nitrogens with one attached hydrogen (secondary N) is 1. The van der Waals surface area contributed by atoms with E-state index in [4.69, 9.17) is 5.73 Å². The summed E-state index contributed by atoms with van der Waals surface area (Å²) in [4.78, 5) is 17.1. The average Bonchev–Trinajstić information content (AvgIpc) is 2.19. The first-order valence-corrected chi connectivity index (χ1v) is 5.14. The molecule has 1 aromatic carbocycles. The van der Waals surface area contributed by atoms with Crippen LogP contribution in [0.3, 0.4) is 0 Å². The molecule has 4 nitrogen and oxygen atoms in total. The molecule has 0 atom stereocenters. The zero-order chi connectivity index (χ0) is 12.8. The van der Waals surface area contributed by atoms with Crippen LogP contribution in [0.2, 0.25) is 0 Å². The Balaban J connectivity index is 2.83. The fourth-order valence-electron chi connectivity index (χ4n) is 1.33. The maximum absolute atomic E-state index is 12.5. The lowest BCUT2D eigenvalue weighted by Gasteiger charge is -2.09. The summed E-state index contributed by atoms with van der Waals surface area (Å²) in [5.74, 6) is -0.294. The molecule has 1 heterocycles. The third kappa shape index (κ3) is 2.12. The highest BCUT2D eigenvalue weighted by Gasteiger charge is 2.31. The summed E-state index contributed by atoms with van der Waals surface area (Å²) in [6.07, 6.45) is -4.49. The van der Waals surface area contributed by atoms with Crippen LogP contribution >= 0.6 is 15.9 Å². The van der Waals surface area contributed by atoms with Crippen LogP contribution < -0.4 is 11.3 Å². The van der Waals surface area contributed by atoms with E-state index in [0.717, 1.165) is 12.1 Å². The number of aromatic nitrogens is 2. The summed E-state index contributed by atoms with van der Waals surface area (Å²) in [6.45, 7) is 0. The lowest BCUT2D eigenvalue weighted by atomic mass is 10.2. The van der Waals surface area contributed by atoms with Crippen LogP contribution in [0.25, 0.3) is 11.0 Å². The summed E-state index contributed by atoms with van der Waals surface area (Å²) in [6, 6.07) is 1.70. The van der Waals surface area contributed by atoms with Gasteiger partial charge in [0, 0.05) is 4.47 Å². The second-order valence-electron chi connectivity index (χ2n) is 3.30. The summed E-state index contributed by atoms with van der Waals surface area (Å²) in [5, 5.41) is 0. The van der Waals surface area contributed by atoms with Crippen molar-refractivity contribution in [2.24, 2.45) is 0 Å². The van der Waals surface area contributed by atoms with E-state index in [0.29, 0.717) is 0 Å². The van der Waals surface area contributed by atoms with Crippen molar-refractivity contribution in [3.05, 3.63) is 32.5 Å². The Hall–Kier alpha value is -1.57. The minimum atomic E-state index is -4.49. The second kappa shape index (κ2) is 3.73. The van der Waals surface area contributed by atoms with Crippen LogP contribution in [0.1, 0.15) is 5.56 Å². The number of hydrogen-bond donors (Lipinski definition) is 2. The highest BCUT2D eigenvalue weighted by molar-refractivity contribution is 9.10. The number of nitrogens with zero attached hydrogens (tertiary/aromatic N) is 1. The van der Waals surface area contributed by atoms with Gasteiger partial charge >= 0.3 is 6.18 Å². The third-order valence-electron chi connectivity index (χ3n) is 2.10. The molecule has 17 heavy (non-hydrogen) atoms. The molecule has 0 saturated carbocycles. The lowest BCUT2D eigenvalue weighted by Crippen LogP contribution is -2.14. The number of fused-ring (bicyclic) bond motifs is 1. The molecule has 0 fully saturated rings.